The number of nitriles is 1. The van der Waals surface area contributed by atoms with Gasteiger partial charge in [0, 0.05) is 5.56 Å². The van der Waals surface area contributed by atoms with Gasteiger partial charge >= 0.3 is 0 Å². The van der Waals surface area contributed by atoms with Gasteiger partial charge in [-0.2, -0.15) is 5.26 Å². The lowest BCUT2D eigenvalue weighted by molar-refractivity contribution is 0.0943. The Morgan fingerprint density at radius 1 is 1.16 bits per heavy atom. The van der Waals surface area contributed by atoms with E-state index in [0.29, 0.717) is 10.4 Å². The first kappa shape index (κ1) is 16.9. The molecule has 0 aliphatic carbocycles. The van der Waals surface area contributed by atoms with Crippen LogP contribution >= 0.6 is 11.3 Å². The maximum Gasteiger partial charge on any atom is 0.263 e. The summed E-state index contributed by atoms with van der Waals surface area (Å²) in [5, 5.41) is 12.7. The monoisotopic (exact) mass is 347 g/mol. The molecule has 5 heteroatoms. The van der Waals surface area contributed by atoms with E-state index in [0.717, 1.165) is 21.8 Å². The van der Waals surface area contributed by atoms with Gasteiger partial charge in [-0.15, -0.1) is 11.3 Å². The van der Waals surface area contributed by atoms with Gasteiger partial charge in [0.1, 0.15) is 9.88 Å². The van der Waals surface area contributed by atoms with Crippen LogP contribution in [0.15, 0.2) is 54.6 Å². The second kappa shape index (κ2) is 7.29. The van der Waals surface area contributed by atoms with Gasteiger partial charge in [0.15, 0.2) is 0 Å². The number of nitrogens with zero attached hydrogens (tertiary/aromatic N) is 2. The summed E-state index contributed by atoms with van der Waals surface area (Å²) in [5.74, 6) is -0.131. The second-order valence-electron chi connectivity index (χ2n) is 5.73. The van der Waals surface area contributed by atoms with Crippen molar-refractivity contribution < 1.29 is 4.79 Å². The first-order valence-corrected chi connectivity index (χ1v) is 8.74. The molecule has 1 atom stereocenters. The highest BCUT2D eigenvalue weighted by Crippen LogP contribution is 2.28. The highest BCUT2D eigenvalue weighted by molar-refractivity contribution is 7.17. The molecule has 1 amide bonds. The minimum atomic E-state index is -0.151. The zero-order chi connectivity index (χ0) is 17.8. The molecule has 0 aliphatic rings. The van der Waals surface area contributed by atoms with Crippen LogP contribution in [0.5, 0.6) is 0 Å². The fourth-order valence-corrected chi connectivity index (χ4v) is 3.48. The Morgan fingerprint density at radius 2 is 1.84 bits per heavy atom. The Morgan fingerprint density at radius 3 is 2.48 bits per heavy atom. The van der Waals surface area contributed by atoms with E-state index < -0.39 is 0 Å². The van der Waals surface area contributed by atoms with Crippen molar-refractivity contribution in [1.82, 2.24) is 10.3 Å². The Balaban J connectivity index is 1.77. The van der Waals surface area contributed by atoms with Crippen LogP contribution in [0.25, 0.3) is 10.6 Å². The molecule has 1 unspecified atom stereocenters. The van der Waals surface area contributed by atoms with Crippen molar-refractivity contribution >= 4 is 17.2 Å². The van der Waals surface area contributed by atoms with Crippen molar-refractivity contribution in [3.05, 3.63) is 76.3 Å². The van der Waals surface area contributed by atoms with Crippen LogP contribution in [0, 0.1) is 18.3 Å². The fraction of sp³-hybridized carbons (Fsp3) is 0.150. The number of hydrogen-bond donors (Lipinski definition) is 1. The zero-order valence-electron chi connectivity index (χ0n) is 14.0. The molecule has 0 saturated heterocycles. The molecular formula is C20H17N3OS. The van der Waals surface area contributed by atoms with Gasteiger partial charge in [0.25, 0.3) is 5.91 Å². The van der Waals surface area contributed by atoms with Crippen LogP contribution in [0.2, 0.25) is 0 Å². The highest BCUT2D eigenvalue weighted by Gasteiger charge is 2.18. The number of carbonyl (C=O) groups excluding carboxylic acids is 1. The number of benzene rings is 2. The number of aryl methyl sites for hydroxylation is 1. The predicted octanol–water partition coefficient (Wildman–Crippen LogP) is 4.48. The molecule has 0 saturated carbocycles. The van der Waals surface area contributed by atoms with E-state index >= 15 is 0 Å². The maximum atomic E-state index is 12.6. The smallest absolute Gasteiger partial charge is 0.263 e. The van der Waals surface area contributed by atoms with E-state index in [1.165, 1.54) is 11.3 Å². The van der Waals surface area contributed by atoms with Crippen molar-refractivity contribution in [1.29, 1.82) is 5.26 Å². The minimum absolute atomic E-state index is 0.131. The first-order valence-electron chi connectivity index (χ1n) is 7.92. The molecule has 0 bridgehead atoms. The van der Waals surface area contributed by atoms with Gasteiger partial charge in [0.05, 0.1) is 23.4 Å². The van der Waals surface area contributed by atoms with Crippen molar-refractivity contribution in [3.8, 4) is 16.6 Å². The Hall–Kier alpha value is -2.97. The van der Waals surface area contributed by atoms with Gasteiger partial charge in [-0.05, 0) is 31.5 Å². The van der Waals surface area contributed by atoms with Gasteiger partial charge in [0.2, 0.25) is 0 Å². The van der Waals surface area contributed by atoms with Crippen molar-refractivity contribution in [2.45, 2.75) is 19.9 Å². The maximum absolute atomic E-state index is 12.6. The lowest BCUT2D eigenvalue weighted by Gasteiger charge is -2.13. The number of rotatable bonds is 4. The molecule has 3 rings (SSSR count). The Kier molecular flexibility index (Phi) is 4.92. The quantitative estimate of drug-likeness (QED) is 0.756. The molecule has 0 radical (unpaired) electrons. The SMILES string of the molecule is Cc1nc(-c2ccccc2)sc1C(=O)NC(C)c1ccc(C#N)cc1. The lowest BCUT2D eigenvalue weighted by Crippen LogP contribution is -2.26. The average molecular weight is 347 g/mol. The van der Waals surface area contributed by atoms with Gasteiger partial charge in [-0.3, -0.25) is 4.79 Å². The molecule has 124 valence electrons. The summed E-state index contributed by atoms with van der Waals surface area (Å²) in [6.07, 6.45) is 0. The molecule has 1 N–H and O–H groups in total. The normalized spacial score (nSPS) is 11.6. The summed E-state index contributed by atoms with van der Waals surface area (Å²) in [6, 6.07) is 19.0. The number of carbonyl (C=O) groups is 1. The Labute approximate surface area is 150 Å². The van der Waals surface area contributed by atoms with E-state index in [-0.39, 0.29) is 11.9 Å². The van der Waals surface area contributed by atoms with E-state index in [4.69, 9.17) is 5.26 Å². The van der Waals surface area contributed by atoms with Crippen LogP contribution in [-0.2, 0) is 0 Å². The summed E-state index contributed by atoms with van der Waals surface area (Å²) in [6.45, 7) is 3.78. The second-order valence-corrected chi connectivity index (χ2v) is 6.73. The van der Waals surface area contributed by atoms with Crippen LogP contribution < -0.4 is 5.32 Å². The standard InChI is InChI=1S/C20H17N3OS/c1-13(16-10-8-15(12-21)9-11-16)22-19(24)18-14(2)23-20(25-18)17-6-4-3-5-7-17/h3-11,13H,1-2H3,(H,22,24). The molecule has 3 aromatic rings. The third kappa shape index (κ3) is 3.76. The molecular weight excluding hydrogens is 330 g/mol. The predicted molar refractivity (Wildman–Crippen MR) is 99.3 cm³/mol. The van der Waals surface area contributed by atoms with Gasteiger partial charge < -0.3 is 5.32 Å². The number of hydrogen-bond acceptors (Lipinski definition) is 4. The van der Waals surface area contributed by atoms with Gasteiger partial charge in [-0.1, -0.05) is 42.5 Å². The Bertz CT molecular complexity index is 924. The summed E-state index contributed by atoms with van der Waals surface area (Å²) < 4.78 is 0. The number of amides is 1. The van der Waals surface area contributed by atoms with E-state index in [2.05, 4.69) is 16.4 Å². The molecule has 1 aromatic heterocycles. The molecule has 0 fully saturated rings. The third-order valence-corrected chi connectivity index (χ3v) is 5.12. The summed E-state index contributed by atoms with van der Waals surface area (Å²) in [5.41, 5.74) is 3.30. The summed E-state index contributed by atoms with van der Waals surface area (Å²) in [7, 11) is 0. The molecule has 0 aliphatic heterocycles. The van der Waals surface area contributed by atoms with Crippen LogP contribution in [0.3, 0.4) is 0 Å². The summed E-state index contributed by atoms with van der Waals surface area (Å²) in [4.78, 5) is 17.8. The minimum Gasteiger partial charge on any atom is -0.345 e. The zero-order valence-corrected chi connectivity index (χ0v) is 14.8. The largest absolute Gasteiger partial charge is 0.345 e. The van der Waals surface area contributed by atoms with Crippen molar-refractivity contribution in [3.63, 3.8) is 0 Å². The summed E-state index contributed by atoms with van der Waals surface area (Å²) >= 11 is 1.40. The van der Waals surface area contributed by atoms with E-state index in [1.807, 2.05) is 56.3 Å². The first-order chi connectivity index (χ1) is 12.1. The highest BCUT2D eigenvalue weighted by atomic mass is 32.1. The molecule has 2 aromatic carbocycles. The number of aromatic nitrogens is 1. The topological polar surface area (TPSA) is 65.8 Å². The molecule has 1 heterocycles. The number of thiazole rings is 1. The van der Waals surface area contributed by atoms with Crippen LogP contribution in [-0.4, -0.2) is 10.9 Å². The molecule has 0 spiro atoms. The lowest BCUT2D eigenvalue weighted by atomic mass is 10.1. The van der Waals surface area contributed by atoms with Crippen molar-refractivity contribution in [2.24, 2.45) is 0 Å². The average Bonchev–Trinajstić information content (AvgIpc) is 3.04. The van der Waals surface area contributed by atoms with E-state index in [1.54, 1.807) is 12.1 Å². The number of nitrogens with one attached hydrogen (secondary N) is 1. The molecule has 4 nitrogen and oxygen atoms in total. The van der Waals surface area contributed by atoms with Crippen molar-refractivity contribution in [2.75, 3.05) is 0 Å². The van der Waals surface area contributed by atoms with Gasteiger partial charge in [-0.25, -0.2) is 4.98 Å². The molecule has 25 heavy (non-hydrogen) atoms. The van der Waals surface area contributed by atoms with Crippen LogP contribution in [0.4, 0.5) is 0 Å². The third-order valence-electron chi connectivity index (χ3n) is 3.91. The van der Waals surface area contributed by atoms with E-state index in [9.17, 15) is 4.79 Å². The fourth-order valence-electron chi connectivity index (χ4n) is 2.50. The van der Waals surface area contributed by atoms with Crippen LogP contribution in [0.1, 0.15) is 39.5 Å².